The number of ether oxygens (including phenoxy) is 2. The lowest BCUT2D eigenvalue weighted by atomic mass is 9.80. The molecule has 0 saturated carbocycles. The number of rotatable bonds is 4. The van der Waals surface area contributed by atoms with E-state index in [1.165, 1.54) is 19.3 Å². The van der Waals surface area contributed by atoms with E-state index in [0.717, 1.165) is 38.6 Å². The van der Waals surface area contributed by atoms with Crippen LogP contribution in [-0.4, -0.2) is 38.9 Å². The molecule has 1 atom stereocenters. The first-order chi connectivity index (χ1) is 7.87. The van der Waals surface area contributed by atoms with Gasteiger partial charge >= 0.3 is 0 Å². The normalized spacial score (nSPS) is 30.7. The molecule has 4 heteroatoms. The van der Waals surface area contributed by atoms with E-state index < -0.39 is 0 Å². The van der Waals surface area contributed by atoms with Gasteiger partial charge in [-0.3, -0.25) is 0 Å². The Morgan fingerprint density at radius 3 is 3.06 bits per heavy atom. The topological polar surface area (TPSA) is 42.8 Å². The first kappa shape index (κ1) is 11.9. The fraction of sp³-hybridized carbons (Fsp3) is 0.917. The molecule has 1 unspecified atom stereocenters. The van der Waals surface area contributed by atoms with E-state index in [1.54, 1.807) is 0 Å². The molecule has 2 aliphatic rings. The standard InChI is InChI=1S/C12H22N2O2/c1-2-3-4-12(5-7-15-9-12)11-13-6-8-16-10-14-11/h2-10H2,1H3,(H,13,14). The van der Waals surface area contributed by atoms with Gasteiger partial charge in [0.2, 0.25) is 0 Å². The number of nitrogens with zero attached hydrogens (tertiary/aromatic N) is 1. The molecule has 16 heavy (non-hydrogen) atoms. The second kappa shape index (κ2) is 5.64. The van der Waals surface area contributed by atoms with Crippen LogP contribution in [0.4, 0.5) is 0 Å². The molecule has 1 N–H and O–H groups in total. The van der Waals surface area contributed by atoms with Gasteiger partial charge in [-0.05, 0) is 12.8 Å². The van der Waals surface area contributed by atoms with Crippen LogP contribution in [0.25, 0.3) is 0 Å². The summed E-state index contributed by atoms with van der Waals surface area (Å²) in [5.41, 5.74) is 0.143. The molecule has 4 nitrogen and oxygen atoms in total. The predicted octanol–water partition coefficient (Wildman–Crippen LogP) is 1.56. The van der Waals surface area contributed by atoms with E-state index in [9.17, 15) is 0 Å². The summed E-state index contributed by atoms with van der Waals surface area (Å²) in [7, 11) is 0. The van der Waals surface area contributed by atoms with Gasteiger partial charge in [0.25, 0.3) is 0 Å². The summed E-state index contributed by atoms with van der Waals surface area (Å²) in [5, 5.41) is 3.42. The van der Waals surface area contributed by atoms with Crippen LogP contribution in [0.15, 0.2) is 4.99 Å². The van der Waals surface area contributed by atoms with Gasteiger partial charge in [0.15, 0.2) is 0 Å². The SMILES string of the molecule is CCCCC1(C2=NCOCCN2)CCOC1. The summed E-state index contributed by atoms with van der Waals surface area (Å²) in [6, 6.07) is 0. The Morgan fingerprint density at radius 2 is 2.31 bits per heavy atom. The molecule has 0 aromatic heterocycles. The third kappa shape index (κ3) is 2.55. The first-order valence-corrected chi connectivity index (χ1v) is 6.32. The number of amidine groups is 1. The van der Waals surface area contributed by atoms with Crippen molar-refractivity contribution in [1.82, 2.24) is 5.32 Å². The lowest BCUT2D eigenvalue weighted by molar-refractivity contribution is 0.152. The molecule has 1 saturated heterocycles. The molecule has 2 aliphatic heterocycles. The van der Waals surface area contributed by atoms with E-state index in [4.69, 9.17) is 9.47 Å². The monoisotopic (exact) mass is 226 g/mol. The van der Waals surface area contributed by atoms with Crippen LogP contribution in [-0.2, 0) is 9.47 Å². The number of hydrogen-bond donors (Lipinski definition) is 1. The molecule has 0 amide bonds. The maximum atomic E-state index is 5.59. The van der Waals surface area contributed by atoms with Crippen LogP contribution in [0.5, 0.6) is 0 Å². The van der Waals surface area contributed by atoms with Crippen molar-refractivity contribution in [2.75, 3.05) is 33.1 Å². The van der Waals surface area contributed by atoms with Gasteiger partial charge in [0.05, 0.1) is 18.6 Å². The van der Waals surface area contributed by atoms with Crippen LogP contribution in [0.2, 0.25) is 0 Å². The zero-order chi connectivity index (χ0) is 11.3. The summed E-state index contributed by atoms with van der Waals surface area (Å²) in [6.07, 6.45) is 4.74. The van der Waals surface area contributed by atoms with Crippen molar-refractivity contribution in [3.8, 4) is 0 Å². The molecule has 0 aliphatic carbocycles. The minimum absolute atomic E-state index is 0.143. The molecular formula is C12H22N2O2. The van der Waals surface area contributed by atoms with Crippen LogP contribution in [0.1, 0.15) is 32.6 Å². The Hall–Kier alpha value is -0.610. The highest BCUT2D eigenvalue weighted by molar-refractivity contribution is 5.88. The summed E-state index contributed by atoms with van der Waals surface area (Å²) in [4.78, 5) is 4.53. The summed E-state index contributed by atoms with van der Waals surface area (Å²) < 4.78 is 10.9. The van der Waals surface area contributed by atoms with Gasteiger partial charge in [-0.2, -0.15) is 0 Å². The van der Waals surface area contributed by atoms with Crippen molar-refractivity contribution in [2.24, 2.45) is 10.4 Å². The number of nitrogens with one attached hydrogen (secondary N) is 1. The van der Waals surface area contributed by atoms with Crippen LogP contribution >= 0.6 is 0 Å². The van der Waals surface area contributed by atoms with E-state index in [1.807, 2.05) is 0 Å². The molecule has 0 spiro atoms. The van der Waals surface area contributed by atoms with E-state index in [0.29, 0.717) is 6.73 Å². The van der Waals surface area contributed by atoms with Crippen molar-refractivity contribution in [3.63, 3.8) is 0 Å². The maximum Gasteiger partial charge on any atom is 0.139 e. The molecule has 92 valence electrons. The molecule has 2 rings (SSSR count). The van der Waals surface area contributed by atoms with E-state index in [-0.39, 0.29) is 5.41 Å². The van der Waals surface area contributed by atoms with Crippen LogP contribution in [0, 0.1) is 5.41 Å². The lowest BCUT2D eigenvalue weighted by Crippen LogP contribution is -2.42. The zero-order valence-corrected chi connectivity index (χ0v) is 10.1. The van der Waals surface area contributed by atoms with Gasteiger partial charge < -0.3 is 14.8 Å². The Balaban J connectivity index is 2.07. The Bertz CT molecular complexity index is 247. The summed E-state index contributed by atoms with van der Waals surface area (Å²) in [5.74, 6) is 1.12. The lowest BCUT2D eigenvalue weighted by Gasteiger charge is -2.29. The first-order valence-electron chi connectivity index (χ1n) is 6.32. The molecule has 0 bridgehead atoms. The summed E-state index contributed by atoms with van der Waals surface area (Å²) >= 11 is 0. The smallest absolute Gasteiger partial charge is 0.139 e. The number of hydrogen-bond acceptors (Lipinski definition) is 4. The van der Waals surface area contributed by atoms with Gasteiger partial charge in [-0.25, -0.2) is 4.99 Å². The van der Waals surface area contributed by atoms with E-state index >= 15 is 0 Å². The molecule has 0 aromatic carbocycles. The average molecular weight is 226 g/mol. The fourth-order valence-corrected chi connectivity index (χ4v) is 2.45. The van der Waals surface area contributed by atoms with Crippen LogP contribution in [0.3, 0.4) is 0 Å². The van der Waals surface area contributed by atoms with Crippen molar-refractivity contribution in [2.45, 2.75) is 32.6 Å². The minimum Gasteiger partial charge on any atom is -0.380 e. The minimum atomic E-state index is 0.143. The van der Waals surface area contributed by atoms with Gasteiger partial charge in [-0.15, -0.1) is 0 Å². The maximum absolute atomic E-state index is 5.59. The average Bonchev–Trinajstić information content (AvgIpc) is 2.61. The Kier molecular flexibility index (Phi) is 4.18. The molecule has 1 fully saturated rings. The second-order valence-electron chi connectivity index (χ2n) is 4.66. The predicted molar refractivity (Wildman–Crippen MR) is 63.7 cm³/mol. The summed E-state index contributed by atoms with van der Waals surface area (Å²) in [6.45, 7) is 6.03. The van der Waals surface area contributed by atoms with Crippen molar-refractivity contribution in [3.05, 3.63) is 0 Å². The third-order valence-corrected chi connectivity index (χ3v) is 3.47. The zero-order valence-electron chi connectivity index (χ0n) is 10.1. The fourth-order valence-electron chi connectivity index (χ4n) is 2.45. The van der Waals surface area contributed by atoms with Crippen LogP contribution < -0.4 is 5.32 Å². The van der Waals surface area contributed by atoms with Gasteiger partial charge in [0, 0.05) is 13.2 Å². The molecular weight excluding hydrogens is 204 g/mol. The highest BCUT2D eigenvalue weighted by Gasteiger charge is 2.39. The highest BCUT2D eigenvalue weighted by Crippen LogP contribution is 2.35. The largest absolute Gasteiger partial charge is 0.380 e. The number of aliphatic imine (C=N–C) groups is 1. The number of unbranched alkanes of at least 4 members (excludes halogenated alkanes) is 1. The Morgan fingerprint density at radius 1 is 1.38 bits per heavy atom. The van der Waals surface area contributed by atoms with Gasteiger partial charge in [0.1, 0.15) is 12.6 Å². The quantitative estimate of drug-likeness (QED) is 0.791. The molecule has 0 aromatic rings. The van der Waals surface area contributed by atoms with E-state index in [2.05, 4.69) is 17.2 Å². The highest BCUT2D eigenvalue weighted by atomic mass is 16.5. The van der Waals surface area contributed by atoms with Crippen molar-refractivity contribution >= 4 is 5.84 Å². The van der Waals surface area contributed by atoms with Crippen molar-refractivity contribution < 1.29 is 9.47 Å². The second-order valence-corrected chi connectivity index (χ2v) is 4.66. The molecule has 2 heterocycles. The molecule has 0 radical (unpaired) electrons. The van der Waals surface area contributed by atoms with Gasteiger partial charge in [-0.1, -0.05) is 19.8 Å². The third-order valence-electron chi connectivity index (χ3n) is 3.47. The van der Waals surface area contributed by atoms with Crippen molar-refractivity contribution in [1.29, 1.82) is 0 Å². The Labute approximate surface area is 97.4 Å².